The van der Waals surface area contributed by atoms with Crippen LogP contribution >= 0.6 is 11.6 Å². The third-order valence-electron chi connectivity index (χ3n) is 3.15. The van der Waals surface area contributed by atoms with Crippen LogP contribution in [0.1, 0.15) is 15.9 Å². The van der Waals surface area contributed by atoms with Gasteiger partial charge in [-0.15, -0.1) is 0 Å². The molecule has 0 aliphatic carbocycles. The van der Waals surface area contributed by atoms with Gasteiger partial charge in [-0.1, -0.05) is 35.9 Å². The maximum atomic E-state index is 12.2. The normalized spacial score (nSPS) is 11.4. The first-order chi connectivity index (χ1) is 12.2. The van der Waals surface area contributed by atoms with Crippen molar-refractivity contribution in [3.8, 4) is 0 Å². The Bertz CT molecular complexity index is 835. The fourth-order valence-corrected chi connectivity index (χ4v) is 2.22. The molecule has 0 radical (unpaired) electrons. The highest BCUT2D eigenvalue weighted by Gasteiger charge is 2.28. The van der Waals surface area contributed by atoms with Gasteiger partial charge >= 0.3 is 6.18 Å². The van der Waals surface area contributed by atoms with Crippen LogP contribution in [0.4, 0.5) is 18.9 Å². The predicted octanol–water partition coefficient (Wildman–Crippen LogP) is 4.28. The molecule has 0 aliphatic heterocycles. The van der Waals surface area contributed by atoms with Crippen LogP contribution in [0.15, 0.2) is 54.6 Å². The van der Waals surface area contributed by atoms with E-state index in [1.54, 1.807) is 35.6 Å². The molecule has 0 saturated carbocycles. The minimum Gasteiger partial charge on any atom is -0.343 e. The standard InChI is InChI=1S/C18H14ClF3N2O2/c19-13-5-3-4-12(10-13)8-9-16(25)24-15-7-2-1-6-14(15)17(26)23-11-18(20,21)22/h1-10H,11H2,(H,23,26)(H,24,25)/b9-8+. The Morgan fingerprint density at radius 2 is 1.81 bits per heavy atom. The Balaban J connectivity index is 2.07. The average molecular weight is 383 g/mol. The van der Waals surface area contributed by atoms with Gasteiger partial charge in [-0.2, -0.15) is 13.2 Å². The molecule has 0 bridgehead atoms. The van der Waals surface area contributed by atoms with Crippen LogP contribution in [0.25, 0.3) is 6.08 Å². The SMILES string of the molecule is O=C(/C=C/c1cccc(Cl)c1)Nc1ccccc1C(=O)NCC(F)(F)F. The van der Waals surface area contributed by atoms with E-state index in [1.165, 1.54) is 30.4 Å². The molecule has 0 fully saturated rings. The van der Waals surface area contributed by atoms with E-state index in [0.717, 1.165) is 0 Å². The first kappa shape index (κ1) is 19.5. The van der Waals surface area contributed by atoms with Crippen molar-refractivity contribution in [2.75, 3.05) is 11.9 Å². The molecule has 2 rings (SSSR count). The molecule has 26 heavy (non-hydrogen) atoms. The molecule has 0 aliphatic rings. The number of carbonyl (C=O) groups excluding carboxylic acids is 2. The van der Waals surface area contributed by atoms with Crippen LogP contribution in [0.2, 0.25) is 5.02 Å². The Morgan fingerprint density at radius 1 is 1.08 bits per heavy atom. The van der Waals surface area contributed by atoms with E-state index in [0.29, 0.717) is 10.6 Å². The van der Waals surface area contributed by atoms with Crippen LogP contribution in [-0.2, 0) is 4.79 Å². The molecule has 0 saturated heterocycles. The number of hydrogen-bond acceptors (Lipinski definition) is 2. The summed E-state index contributed by atoms with van der Waals surface area (Å²) >= 11 is 5.85. The minimum atomic E-state index is -4.52. The van der Waals surface area contributed by atoms with E-state index >= 15 is 0 Å². The van der Waals surface area contributed by atoms with Crippen molar-refractivity contribution in [1.82, 2.24) is 5.32 Å². The molecule has 0 heterocycles. The summed E-state index contributed by atoms with van der Waals surface area (Å²) in [6, 6.07) is 12.6. The molecular formula is C18H14ClF3N2O2. The van der Waals surface area contributed by atoms with Gasteiger partial charge < -0.3 is 10.6 Å². The number of benzene rings is 2. The Hall–Kier alpha value is -2.80. The summed E-state index contributed by atoms with van der Waals surface area (Å²) in [4.78, 5) is 23.9. The summed E-state index contributed by atoms with van der Waals surface area (Å²) in [6.45, 7) is -1.46. The van der Waals surface area contributed by atoms with Gasteiger partial charge in [-0.25, -0.2) is 0 Å². The maximum Gasteiger partial charge on any atom is 0.405 e. The Labute approximate surface area is 152 Å². The van der Waals surface area contributed by atoms with Gasteiger partial charge in [-0.05, 0) is 35.9 Å². The Kier molecular flexibility index (Phi) is 6.41. The van der Waals surface area contributed by atoms with Crippen LogP contribution in [0.5, 0.6) is 0 Å². The fourth-order valence-electron chi connectivity index (χ4n) is 2.02. The van der Waals surface area contributed by atoms with E-state index in [-0.39, 0.29) is 11.3 Å². The summed E-state index contributed by atoms with van der Waals surface area (Å²) in [6.07, 6.45) is -1.77. The lowest BCUT2D eigenvalue weighted by molar-refractivity contribution is -0.123. The number of nitrogens with one attached hydrogen (secondary N) is 2. The molecule has 0 atom stereocenters. The lowest BCUT2D eigenvalue weighted by Gasteiger charge is -2.11. The van der Waals surface area contributed by atoms with Gasteiger partial charge in [0.1, 0.15) is 6.54 Å². The summed E-state index contributed by atoms with van der Waals surface area (Å²) in [5.74, 6) is -1.47. The van der Waals surface area contributed by atoms with Crippen LogP contribution < -0.4 is 10.6 Å². The highest BCUT2D eigenvalue weighted by Crippen LogP contribution is 2.17. The van der Waals surface area contributed by atoms with Crippen molar-refractivity contribution >= 4 is 35.2 Å². The van der Waals surface area contributed by atoms with Crippen molar-refractivity contribution in [2.45, 2.75) is 6.18 Å². The molecule has 0 aromatic heterocycles. The zero-order chi connectivity index (χ0) is 19.2. The Morgan fingerprint density at radius 3 is 2.50 bits per heavy atom. The fraction of sp³-hybridized carbons (Fsp3) is 0.111. The topological polar surface area (TPSA) is 58.2 Å². The molecule has 2 amide bonds. The van der Waals surface area contributed by atoms with Gasteiger partial charge in [0.25, 0.3) is 5.91 Å². The molecule has 4 nitrogen and oxygen atoms in total. The summed E-state index contributed by atoms with van der Waals surface area (Å²) in [5.41, 5.74) is 0.734. The number of amides is 2. The predicted molar refractivity (Wildman–Crippen MR) is 93.9 cm³/mol. The largest absolute Gasteiger partial charge is 0.405 e. The van der Waals surface area contributed by atoms with Gasteiger partial charge in [-0.3, -0.25) is 9.59 Å². The third kappa shape index (κ3) is 6.25. The third-order valence-corrected chi connectivity index (χ3v) is 3.39. The molecule has 2 aromatic carbocycles. The lowest BCUT2D eigenvalue weighted by Crippen LogP contribution is -2.34. The molecule has 2 N–H and O–H groups in total. The average Bonchev–Trinajstić information content (AvgIpc) is 2.58. The second kappa shape index (κ2) is 8.53. The van der Waals surface area contributed by atoms with E-state index in [4.69, 9.17) is 11.6 Å². The number of alkyl halides is 3. The highest BCUT2D eigenvalue weighted by atomic mass is 35.5. The van der Waals surface area contributed by atoms with Gasteiger partial charge in [0, 0.05) is 11.1 Å². The summed E-state index contributed by atoms with van der Waals surface area (Å²) in [5, 5.41) is 4.75. The van der Waals surface area contributed by atoms with Crippen molar-refractivity contribution < 1.29 is 22.8 Å². The number of anilines is 1. The number of para-hydroxylation sites is 1. The van der Waals surface area contributed by atoms with Gasteiger partial charge in [0.2, 0.25) is 5.91 Å². The molecule has 2 aromatic rings. The molecule has 0 unspecified atom stereocenters. The quantitative estimate of drug-likeness (QED) is 0.758. The smallest absolute Gasteiger partial charge is 0.343 e. The van der Waals surface area contributed by atoms with Crippen molar-refractivity contribution in [3.63, 3.8) is 0 Å². The lowest BCUT2D eigenvalue weighted by atomic mass is 10.1. The number of rotatable bonds is 5. The first-order valence-corrected chi connectivity index (χ1v) is 7.81. The van der Waals surface area contributed by atoms with Crippen molar-refractivity contribution in [2.24, 2.45) is 0 Å². The van der Waals surface area contributed by atoms with Crippen LogP contribution in [0, 0.1) is 0 Å². The van der Waals surface area contributed by atoms with E-state index in [2.05, 4.69) is 5.32 Å². The zero-order valence-electron chi connectivity index (χ0n) is 13.3. The summed E-state index contributed by atoms with van der Waals surface area (Å²) < 4.78 is 36.7. The second-order valence-electron chi connectivity index (χ2n) is 5.22. The van der Waals surface area contributed by atoms with E-state index in [1.807, 2.05) is 0 Å². The minimum absolute atomic E-state index is 0.0683. The van der Waals surface area contributed by atoms with Gasteiger partial charge in [0.15, 0.2) is 0 Å². The number of carbonyl (C=O) groups is 2. The second-order valence-corrected chi connectivity index (χ2v) is 5.66. The van der Waals surface area contributed by atoms with Crippen LogP contribution in [0.3, 0.4) is 0 Å². The van der Waals surface area contributed by atoms with Crippen LogP contribution in [-0.4, -0.2) is 24.5 Å². The number of hydrogen-bond donors (Lipinski definition) is 2. The van der Waals surface area contributed by atoms with Crippen molar-refractivity contribution in [1.29, 1.82) is 0 Å². The monoisotopic (exact) mass is 382 g/mol. The first-order valence-electron chi connectivity index (χ1n) is 7.43. The molecule has 8 heteroatoms. The molecule has 136 valence electrons. The highest BCUT2D eigenvalue weighted by molar-refractivity contribution is 6.30. The van der Waals surface area contributed by atoms with Crippen molar-refractivity contribution in [3.05, 3.63) is 70.8 Å². The van der Waals surface area contributed by atoms with Gasteiger partial charge in [0.05, 0.1) is 11.3 Å². The number of halogens is 4. The zero-order valence-corrected chi connectivity index (χ0v) is 14.1. The van der Waals surface area contributed by atoms with E-state index in [9.17, 15) is 22.8 Å². The molecule has 0 spiro atoms. The van der Waals surface area contributed by atoms with E-state index < -0.39 is 24.5 Å². The summed E-state index contributed by atoms with van der Waals surface area (Å²) in [7, 11) is 0. The maximum absolute atomic E-state index is 12.2. The molecular weight excluding hydrogens is 369 g/mol.